The second kappa shape index (κ2) is 5.54. The van der Waals surface area contributed by atoms with Gasteiger partial charge in [0.15, 0.2) is 0 Å². The van der Waals surface area contributed by atoms with Gasteiger partial charge in [0.25, 0.3) is 0 Å². The van der Waals surface area contributed by atoms with E-state index in [0.29, 0.717) is 4.64 Å². The molecule has 2 aromatic carbocycles. The number of fused-ring (bicyclic) bond motifs is 1. The minimum Gasteiger partial charge on any atom is -0.497 e. The van der Waals surface area contributed by atoms with Crippen LogP contribution in [0.2, 0.25) is 0 Å². The van der Waals surface area contributed by atoms with Gasteiger partial charge in [0, 0.05) is 22.4 Å². The minimum absolute atomic E-state index is 0.629. The third-order valence-electron chi connectivity index (χ3n) is 3.32. The molecule has 3 rings (SSSR count). The van der Waals surface area contributed by atoms with E-state index in [2.05, 4.69) is 10.2 Å². The molecule has 0 saturated carbocycles. The second-order valence-electron chi connectivity index (χ2n) is 4.55. The van der Waals surface area contributed by atoms with Crippen LogP contribution in [0.15, 0.2) is 42.5 Å². The quantitative estimate of drug-likeness (QED) is 0.743. The normalized spacial score (nSPS) is 10.6. The summed E-state index contributed by atoms with van der Waals surface area (Å²) in [5.41, 5.74) is 1.73. The Morgan fingerprint density at radius 3 is 2.19 bits per heavy atom. The second-order valence-corrected chi connectivity index (χ2v) is 4.96. The van der Waals surface area contributed by atoms with Crippen molar-refractivity contribution in [1.29, 1.82) is 0 Å². The molecule has 1 heterocycles. The average Bonchev–Trinajstić information content (AvgIpc) is 2.55. The number of ether oxygens (including phenoxy) is 2. The van der Waals surface area contributed by atoms with Crippen molar-refractivity contribution in [3.63, 3.8) is 0 Å². The molecule has 0 bridgehead atoms. The standard InChI is InChI=1S/C16H14N2O2S/c1-19-11-7-10(8-12(9-11)20-2)15-13-5-3-4-6-14(13)16(21)18-17-15/h3-9H,1-2H3,(H,18,21). The van der Waals surface area contributed by atoms with Crippen LogP contribution >= 0.6 is 12.2 Å². The van der Waals surface area contributed by atoms with Crippen molar-refractivity contribution < 1.29 is 9.47 Å². The minimum atomic E-state index is 0.629. The van der Waals surface area contributed by atoms with E-state index in [9.17, 15) is 0 Å². The van der Waals surface area contributed by atoms with Crippen molar-refractivity contribution in [2.75, 3.05) is 14.2 Å². The zero-order valence-electron chi connectivity index (χ0n) is 11.7. The summed E-state index contributed by atoms with van der Waals surface area (Å²) in [4.78, 5) is 0. The molecule has 0 spiro atoms. The van der Waals surface area contributed by atoms with Gasteiger partial charge in [-0.2, -0.15) is 5.10 Å². The maximum atomic E-state index is 5.32. The first-order valence-corrected chi connectivity index (χ1v) is 6.84. The predicted molar refractivity (Wildman–Crippen MR) is 85.5 cm³/mol. The highest BCUT2D eigenvalue weighted by Crippen LogP contribution is 2.32. The molecule has 0 aliphatic heterocycles. The zero-order valence-corrected chi connectivity index (χ0v) is 12.5. The molecule has 106 valence electrons. The number of rotatable bonds is 3. The maximum absolute atomic E-state index is 5.32. The van der Waals surface area contributed by atoms with E-state index in [1.54, 1.807) is 14.2 Å². The highest BCUT2D eigenvalue weighted by atomic mass is 32.1. The van der Waals surface area contributed by atoms with Crippen molar-refractivity contribution in [3.05, 3.63) is 47.1 Å². The molecule has 5 heteroatoms. The molecule has 0 radical (unpaired) electrons. The molecule has 3 aromatic rings. The van der Waals surface area contributed by atoms with Gasteiger partial charge in [-0.15, -0.1) is 0 Å². The van der Waals surface area contributed by atoms with Crippen LogP contribution in [0.25, 0.3) is 22.0 Å². The van der Waals surface area contributed by atoms with E-state index in [1.165, 1.54) is 0 Å². The van der Waals surface area contributed by atoms with Crippen LogP contribution in [0.3, 0.4) is 0 Å². The summed E-state index contributed by atoms with van der Waals surface area (Å²) < 4.78 is 11.3. The van der Waals surface area contributed by atoms with Crippen LogP contribution in [-0.4, -0.2) is 24.4 Å². The highest BCUT2D eigenvalue weighted by Gasteiger charge is 2.10. The van der Waals surface area contributed by atoms with Crippen LogP contribution in [0, 0.1) is 4.64 Å². The Morgan fingerprint density at radius 1 is 0.952 bits per heavy atom. The first-order chi connectivity index (χ1) is 10.2. The Bertz CT molecular complexity index is 836. The monoisotopic (exact) mass is 298 g/mol. The Balaban J connectivity index is 2.30. The lowest BCUT2D eigenvalue weighted by molar-refractivity contribution is 0.394. The summed E-state index contributed by atoms with van der Waals surface area (Å²) in [5, 5.41) is 9.26. The van der Waals surface area contributed by atoms with E-state index < -0.39 is 0 Å². The van der Waals surface area contributed by atoms with Gasteiger partial charge in [-0.25, -0.2) is 0 Å². The number of aromatic nitrogens is 2. The van der Waals surface area contributed by atoms with E-state index in [1.807, 2.05) is 42.5 Å². The summed E-state index contributed by atoms with van der Waals surface area (Å²) in [6, 6.07) is 13.6. The summed E-state index contributed by atoms with van der Waals surface area (Å²) in [7, 11) is 3.26. The lowest BCUT2D eigenvalue weighted by Crippen LogP contribution is -1.93. The van der Waals surface area contributed by atoms with Crippen LogP contribution in [0.4, 0.5) is 0 Å². The number of aromatic amines is 1. The van der Waals surface area contributed by atoms with Gasteiger partial charge in [-0.1, -0.05) is 36.5 Å². The molecule has 0 unspecified atom stereocenters. The Labute approximate surface area is 127 Å². The molecule has 0 atom stereocenters. The lowest BCUT2D eigenvalue weighted by Gasteiger charge is -2.10. The van der Waals surface area contributed by atoms with E-state index in [0.717, 1.165) is 33.5 Å². The number of nitrogens with one attached hydrogen (secondary N) is 1. The Morgan fingerprint density at radius 2 is 1.57 bits per heavy atom. The molecule has 1 aromatic heterocycles. The van der Waals surface area contributed by atoms with Crippen molar-refractivity contribution in [3.8, 4) is 22.8 Å². The van der Waals surface area contributed by atoms with Crippen molar-refractivity contribution in [2.45, 2.75) is 0 Å². The van der Waals surface area contributed by atoms with Gasteiger partial charge in [-0.05, 0) is 12.1 Å². The fourth-order valence-electron chi connectivity index (χ4n) is 2.28. The molecule has 1 N–H and O–H groups in total. The summed E-state index contributed by atoms with van der Waals surface area (Å²) in [5.74, 6) is 1.44. The van der Waals surface area contributed by atoms with Crippen LogP contribution in [0.5, 0.6) is 11.5 Å². The largest absolute Gasteiger partial charge is 0.497 e. The van der Waals surface area contributed by atoms with E-state index in [-0.39, 0.29) is 0 Å². The molecule has 0 saturated heterocycles. The maximum Gasteiger partial charge on any atom is 0.127 e. The van der Waals surface area contributed by atoms with Crippen molar-refractivity contribution in [2.24, 2.45) is 0 Å². The molecular formula is C16H14N2O2S. The molecule has 0 fully saturated rings. The smallest absolute Gasteiger partial charge is 0.127 e. The number of hydrogen-bond acceptors (Lipinski definition) is 4. The van der Waals surface area contributed by atoms with E-state index >= 15 is 0 Å². The van der Waals surface area contributed by atoms with E-state index in [4.69, 9.17) is 21.7 Å². The summed E-state index contributed by atoms with van der Waals surface area (Å²) >= 11 is 5.29. The fraction of sp³-hybridized carbons (Fsp3) is 0.125. The number of hydrogen-bond donors (Lipinski definition) is 1. The third-order valence-corrected chi connectivity index (χ3v) is 3.63. The van der Waals surface area contributed by atoms with Gasteiger partial charge in [0.2, 0.25) is 0 Å². The van der Waals surface area contributed by atoms with Gasteiger partial charge in [0.05, 0.1) is 19.9 Å². The first kappa shape index (κ1) is 13.6. The molecular weight excluding hydrogens is 284 g/mol. The summed E-state index contributed by atoms with van der Waals surface area (Å²) in [6.07, 6.45) is 0. The molecule has 4 nitrogen and oxygen atoms in total. The van der Waals surface area contributed by atoms with Gasteiger partial charge in [-0.3, -0.25) is 5.10 Å². The Hall–Kier alpha value is -2.40. The van der Waals surface area contributed by atoms with Crippen LogP contribution < -0.4 is 9.47 Å². The molecule has 21 heavy (non-hydrogen) atoms. The van der Waals surface area contributed by atoms with Gasteiger partial charge >= 0.3 is 0 Å². The molecule has 0 aliphatic carbocycles. The predicted octanol–water partition coefficient (Wildman–Crippen LogP) is 3.98. The Kier molecular flexibility index (Phi) is 3.58. The SMILES string of the molecule is COc1cc(OC)cc(-c2n[nH]c(=S)c3ccccc23)c1. The van der Waals surface area contributed by atoms with Gasteiger partial charge in [0.1, 0.15) is 16.1 Å². The third kappa shape index (κ3) is 2.48. The number of methoxy groups -OCH3 is 2. The topological polar surface area (TPSA) is 47.1 Å². The lowest BCUT2D eigenvalue weighted by atomic mass is 10.0. The van der Waals surface area contributed by atoms with Gasteiger partial charge < -0.3 is 9.47 Å². The van der Waals surface area contributed by atoms with Crippen molar-refractivity contribution in [1.82, 2.24) is 10.2 Å². The number of benzene rings is 2. The van der Waals surface area contributed by atoms with Crippen LogP contribution in [-0.2, 0) is 0 Å². The van der Waals surface area contributed by atoms with Crippen LogP contribution in [0.1, 0.15) is 0 Å². The molecule has 0 amide bonds. The first-order valence-electron chi connectivity index (χ1n) is 6.44. The number of H-pyrrole nitrogens is 1. The number of nitrogens with zero attached hydrogens (tertiary/aromatic N) is 1. The van der Waals surface area contributed by atoms with Crippen molar-refractivity contribution >= 4 is 23.0 Å². The fourth-order valence-corrected chi connectivity index (χ4v) is 2.50. The molecule has 0 aliphatic rings. The zero-order chi connectivity index (χ0) is 14.8. The average molecular weight is 298 g/mol. The summed E-state index contributed by atoms with van der Waals surface area (Å²) in [6.45, 7) is 0. The highest BCUT2D eigenvalue weighted by molar-refractivity contribution is 7.71.